The number of fused-ring (bicyclic) bond motifs is 1. The molecular formula is C12H15BrN4O. The Bertz CT molecular complexity index is 556. The molecule has 2 heterocycles. The third-order valence-electron chi connectivity index (χ3n) is 3.44. The standard InChI is InChI=1S/C12H15BrN4O/c13-9-4-5-11-15-12(16-17(11)7-9)14-6-8-2-1-3-10(8)18/h4-5,7-8,10,18H,1-3,6H2,(H,14,16). The minimum Gasteiger partial charge on any atom is -0.393 e. The zero-order valence-electron chi connectivity index (χ0n) is 9.88. The van der Waals surface area contributed by atoms with Crippen molar-refractivity contribution in [3.63, 3.8) is 0 Å². The summed E-state index contributed by atoms with van der Waals surface area (Å²) in [5, 5.41) is 17.3. The van der Waals surface area contributed by atoms with Crippen LogP contribution in [0.15, 0.2) is 22.8 Å². The number of pyridine rings is 1. The van der Waals surface area contributed by atoms with Crippen molar-refractivity contribution in [2.45, 2.75) is 25.4 Å². The van der Waals surface area contributed by atoms with E-state index in [2.05, 4.69) is 31.3 Å². The minimum atomic E-state index is -0.177. The fourth-order valence-electron chi connectivity index (χ4n) is 2.41. The number of halogens is 1. The van der Waals surface area contributed by atoms with Crippen molar-refractivity contribution in [3.05, 3.63) is 22.8 Å². The summed E-state index contributed by atoms with van der Waals surface area (Å²) >= 11 is 3.40. The molecular weight excluding hydrogens is 296 g/mol. The van der Waals surface area contributed by atoms with E-state index in [0.717, 1.165) is 35.9 Å². The van der Waals surface area contributed by atoms with Gasteiger partial charge in [-0.05, 0) is 40.9 Å². The lowest BCUT2D eigenvalue weighted by Crippen LogP contribution is -2.22. The summed E-state index contributed by atoms with van der Waals surface area (Å²) in [7, 11) is 0. The molecule has 0 spiro atoms. The molecule has 18 heavy (non-hydrogen) atoms. The van der Waals surface area contributed by atoms with Crippen LogP contribution in [0.1, 0.15) is 19.3 Å². The van der Waals surface area contributed by atoms with Crippen molar-refractivity contribution in [3.8, 4) is 0 Å². The summed E-state index contributed by atoms with van der Waals surface area (Å²) in [5.74, 6) is 0.940. The van der Waals surface area contributed by atoms with Crippen LogP contribution in [0.3, 0.4) is 0 Å². The van der Waals surface area contributed by atoms with Gasteiger partial charge in [0, 0.05) is 23.1 Å². The molecule has 6 heteroatoms. The number of anilines is 1. The monoisotopic (exact) mass is 310 g/mol. The zero-order valence-corrected chi connectivity index (χ0v) is 11.5. The van der Waals surface area contributed by atoms with Crippen molar-refractivity contribution >= 4 is 27.5 Å². The van der Waals surface area contributed by atoms with Crippen LogP contribution in [-0.4, -0.2) is 32.4 Å². The molecule has 1 aliphatic carbocycles. The maximum Gasteiger partial charge on any atom is 0.243 e. The van der Waals surface area contributed by atoms with E-state index in [-0.39, 0.29) is 6.10 Å². The van der Waals surface area contributed by atoms with Gasteiger partial charge in [-0.15, -0.1) is 5.10 Å². The number of hydrogen-bond donors (Lipinski definition) is 2. The van der Waals surface area contributed by atoms with E-state index in [1.807, 2.05) is 18.3 Å². The Morgan fingerprint density at radius 3 is 3.11 bits per heavy atom. The summed E-state index contributed by atoms with van der Waals surface area (Å²) < 4.78 is 2.70. The van der Waals surface area contributed by atoms with Crippen LogP contribution in [0.25, 0.3) is 5.65 Å². The van der Waals surface area contributed by atoms with Crippen LogP contribution in [0.5, 0.6) is 0 Å². The van der Waals surface area contributed by atoms with E-state index in [1.165, 1.54) is 0 Å². The molecule has 2 aromatic heterocycles. The Kier molecular flexibility index (Phi) is 3.22. The van der Waals surface area contributed by atoms with Gasteiger partial charge in [-0.1, -0.05) is 6.42 Å². The summed E-state index contributed by atoms with van der Waals surface area (Å²) in [6.07, 6.45) is 4.80. The quantitative estimate of drug-likeness (QED) is 0.911. The number of aliphatic hydroxyl groups excluding tert-OH is 1. The first-order chi connectivity index (χ1) is 8.72. The summed E-state index contributed by atoms with van der Waals surface area (Å²) in [4.78, 5) is 4.38. The summed E-state index contributed by atoms with van der Waals surface area (Å²) in [6.45, 7) is 0.735. The van der Waals surface area contributed by atoms with E-state index in [0.29, 0.717) is 11.9 Å². The van der Waals surface area contributed by atoms with Crippen LogP contribution in [0, 0.1) is 5.92 Å². The molecule has 0 amide bonds. The highest BCUT2D eigenvalue weighted by molar-refractivity contribution is 9.10. The molecule has 96 valence electrons. The highest BCUT2D eigenvalue weighted by Crippen LogP contribution is 2.25. The second kappa shape index (κ2) is 4.85. The fourth-order valence-corrected chi connectivity index (χ4v) is 2.74. The molecule has 0 saturated heterocycles. The minimum absolute atomic E-state index is 0.177. The Labute approximate surface area is 113 Å². The van der Waals surface area contributed by atoms with Crippen molar-refractivity contribution < 1.29 is 5.11 Å². The van der Waals surface area contributed by atoms with Crippen LogP contribution in [0.4, 0.5) is 5.95 Å². The lowest BCUT2D eigenvalue weighted by Gasteiger charge is -2.13. The van der Waals surface area contributed by atoms with E-state index < -0.39 is 0 Å². The first kappa shape index (κ1) is 11.9. The Balaban J connectivity index is 1.71. The van der Waals surface area contributed by atoms with Crippen LogP contribution < -0.4 is 5.32 Å². The van der Waals surface area contributed by atoms with Gasteiger partial charge < -0.3 is 10.4 Å². The Hall–Kier alpha value is -1.14. The maximum absolute atomic E-state index is 9.75. The van der Waals surface area contributed by atoms with Crippen LogP contribution >= 0.6 is 15.9 Å². The average Bonchev–Trinajstić information content (AvgIpc) is 2.92. The topological polar surface area (TPSA) is 62.5 Å². The Morgan fingerprint density at radius 1 is 1.44 bits per heavy atom. The molecule has 2 aromatic rings. The molecule has 0 aliphatic heterocycles. The highest BCUT2D eigenvalue weighted by Gasteiger charge is 2.25. The molecule has 0 aromatic carbocycles. The zero-order chi connectivity index (χ0) is 12.5. The van der Waals surface area contributed by atoms with Crippen molar-refractivity contribution in [1.29, 1.82) is 0 Å². The average molecular weight is 311 g/mol. The smallest absolute Gasteiger partial charge is 0.243 e. The largest absolute Gasteiger partial charge is 0.393 e. The van der Waals surface area contributed by atoms with E-state index in [1.54, 1.807) is 4.52 Å². The number of hydrogen-bond acceptors (Lipinski definition) is 4. The SMILES string of the molecule is OC1CCCC1CNc1nc2ccc(Br)cn2n1. The third-order valence-corrected chi connectivity index (χ3v) is 3.91. The van der Waals surface area contributed by atoms with Gasteiger partial charge in [-0.3, -0.25) is 0 Å². The molecule has 1 aliphatic rings. The van der Waals surface area contributed by atoms with Gasteiger partial charge in [0.05, 0.1) is 6.10 Å². The van der Waals surface area contributed by atoms with Gasteiger partial charge >= 0.3 is 0 Å². The number of nitrogens with one attached hydrogen (secondary N) is 1. The summed E-state index contributed by atoms with van der Waals surface area (Å²) in [5.41, 5.74) is 0.813. The molecule has 2 N–H and O–H groups in total. The van der Waals surface area contributed by atoms with Gasteiger partial charge in [0.2, 0.25) is 5.95 Å². The predicted octanol–water partition coefficient (Wildman–Crippen LogP) is 2.06. The fraction of sp³-hybridized carbons (Fsp3) is 0.500. The second-order valence-electron chi connectivity index (χ2n) is 4.72. The second-order valence-corrected chi connectivity index (χ2v) is 5.64. The first-order valence-corrected chi connectivity index (χ1v) is 6.95. The molecule has 0 radical (unpaired) electrons. The number of nitrogens with zero attached hydrogens (tertiary/aromatic N) is 3. The lowest BCUT2D eigenvalue weighted by molar-refractivity contribution is 0.138. The van der Waals surface area contributed by atoms with Gasteiger partial charge in [-0.2, -0.15) is 4.98 Å². The normalized spacial score (nSPS) is 23.7. The van der Waals surface area contributed by atoms with Crippen LogP contribution in [-0.2, 0) is 0 Å². The Morgan fingerprint density at radius 2 is 2.33 bits per heavy atom. The lowest BCUT2D eigenvalue weighted by atomic mass is 10.1. The molecule has 1 saturated carbocycles. The molecule has 0 bridgehead atoms. The van der Waals surface area contributed by atoms with E-state index in [4.69, 9.17) is 0 Å². The molecule has 5 nitrogen and oxygen atoms in total. The summed E-state index contributed by atoms with van der Waals surface area (Å²) in [6, 6.07) is 3.85. The van der Waals surface area contributed by atoms with Crippen LogP contribution in [0.2, 0.25) is 0 Å². The molecule has 2 atom stereocenters. The third kappa shape index (κ3) is 2.35. The molecule has 3 rings (SSSR count). The first-order valence-electron chi connectivity index (χ1n) is 6.16. The number of rotatable bonds is 3. The van der Waals surface area contributed by atoms with Crippen molar-refractivity contribution in [2.75, 3.05) is 11.9 Å². The van der Waals surface area contributed by atoms with Crippen molar-refractivity contribution in [2.24, 2.45) is 5.92 Å². The van der Waals surface area contributed by atoms with E-state index >= 15 is 0 Å². The molecule has 1 fully saturated rings. The van der Waals surface area contributed by atoms with Gasteiger partial charge in [-0.25, -0.2) is 4.52 Å². The van der Waals surface area contributed by atoms with Crippen molar-refractivity contribution in [1.82, 2.24) is 14.6 Å². The highest BCUT2D eigenvalue weighted by atomic mass is 79.9. The predicted molar refractivity (Wildman–Crippen MR) is 72.5 cm³/mol. The van der Waals surface area contributed by atoms with Gasteiger partial charge in [0.15, 0.2) is 5.65 Å². The van der Waals surface area contributed by atoms with E-state index in [9.17, 15) is 5.11 Å². The number of aliphatic hydroxyl groups is 1. The maximum atomic E-state index is 9.75. The molecule has 2 unspecified atom stereocenters. The number of aromatic nitrogens is 3. The van der Waals surface area contributed by atoms with Gasteiger partial charge in [0.1, 0.15) is 0 Å². The van der Waals surface area contributed by atoms with Gasteiger partial charge in [0.25, 0.3) is 0 Å².